The molecule has 5 rings (SSSR count). The Balaban J connectivity index is 1.27. The van der Waals surface area contributed by atoms with Crippen LogP contribution in [-0.2, 0) is 4.74 Å². The third-order valence-corrected chi connectivity index (χ3v) is 10.4. The van der Waals surface area contributed by atoms with Gasteiger partial charge in [0.1, 0.15) is 6.67 Å². The smallest absolute Gasteiger partial charge is 0.118 e. The van der Waals surface area contributed by atoms with E-state index in [-0.39, 0.29) is 0 Å². The predicted molar refractivity (Wildman–Crippen MR) is 118 cm³/mol. The molecule has 0 radical (unpaired) electrons. The second-order valence-corrected chi connectivity index (χ2v) is 11.8. The zero-order chi connectivity index (χ0) is 20.9. The summed E-state index contributed by atoms with van der Waals surface area (Å²) >= 11 is 0. The summed E-state index contributed by atoms with van der Waals surface area (Å²) in [6.45, 7) is 11.5. The van der Waals surface area contributed by atoms with Crippen LogP contribution in [0.5, 0.6) is 0 Å². The Hall–Kier alpha value is -0.450. The second kappa shape index (κ2) is 8.15. The molecule has 1 aliphatic heterocycles. The second-order valence-electron chi connectivity index (χ2n) is 11.8. The molecule has 5 aliphatic rings. The number of halogens is 1. The summed E-state index contributed by atoms with van der Waals surface area (Å²) in [5, 5.41) is 10.5. The van der Waals surface area contributed by atoms with Crippen molar-refractivity contribution in [2.24, 2.45) is 40.9 Å². The van der Waals surface area contributed by atoms with Crippen molar-refractivity contribution in [3.63, 3.8) is 0 Å². The van der Waals surface area contributed by atoms with E-state index >= 15 is 0 Å². The lowest BCUT2D eigenvalue weighted by atomic mass is 9.48. The van der Waals surface area contributed by atoms with E-state index in [1.807, 2.05) is 0 Å². The van der Waals surface area contributed by atoms with E-state index in [0.29, 0.717) is 30.1 Å². The first-order valence-electron chi connectivity index (χ1n) is 12.7. The van der Waals surface area contributed by atoms with Crippen molar-refractivity contribution in [2.45, 2.75) is 70.3 Å². The molecule has 8 atom stereocenters. The van der Waals surface area contributed by atoms with Gasteiger partial charge in [0.05, 0.1) is 18.8 Å². The Labute approximate surface area is 182 Å². The molecule has 0 spiro atoms. The van der Waals surface area contributed by atoms with Crippen LogP contribution < -0.4 is 0 Å². The third kappa shape index (κ3) is 3.59. The number of rotatable bonds is 4. The summed E-state index contributed by atoms with van der Waals surface area (Å²) in [5.41, 5.74) is 0.873. The van der Waals surface area contributed by atoms with Gasteiger partial charge in [-0.1, -0.05) is 19.1 Å². The van der Waals surface area contributed by atoms with Gasteiger partial charge < -0.3 is 9.84 Å². The van der Waals surface area contributed by atoms with Crippen LogP contribution in [0.15, 0.2) is 12.2 Å². The number of alkyl halides is 1. The molecule has 0 bridgehead atoms. The molecule has 5 fully saturated rings. The van der Waals surface area contributed by atoms with Crippen LogP contribution in [-0.4, -0.2) is 55.1 Å². The minimum absolute atomic E-state index is 0.422. The van der Waals surface area contributed by atoms with E-state index < -0.39 is 12.3 Å². The largest absolute Gasteiger partial charge is 0.387 e. The van der Waals surface area contributed by atoms with Gasteiger partial charge in [-0.25, -0.2) is 4.39 Å². The summed E-state index contributed by atoms with van der Waals surface area (Å²) in [5.74, 6) is 4.46. The zero-order valence-electron chi connectivity index (χ0n) is 19.0. The average molecular weight is 420 g/mol. The normalized spacial score (nSPS) is 49.2. The monoisotopic (exact) mass is 419 g/mol. The van der Waals surface area contributed by atoms with Crippen molar-refractivity contribution in [3.05, 3.63) is 12.2 Å². The average Bonchev–Trinajstić information content (AvgIpc) is 3.11. The first kappa shape index (κ1) is 21.4. The van der Waals surface area contributed by atoms with Crippen LogP contribution in [0.3, 0.4) is 0 Å². The maximum atomic E-state index is 13.4. The topological polar surface area (TPSA) is 32.7 Å². The van der Waals surface area contributed by atoms with Gasteiger partial charge in [0.25, 0.3) is 0 Å². The van der Waals surface area contributed by atoms with Crippen molar-refractivity contribution in [1.29, 1.82) is 0 Å². The van der Waals surface area contributed by atoms with E-state index in [0.717, 1.165) is 62.9 Å². The fraction of sp³-hybridized carbons (Fsp3) is 0.923. The Morgan fingerprint density at radius 3 is 2.57 bits per heavy atom. The fourth-order valence-electron chi connectivity index (χ4n) is 8.91. The summed E-state index contributed by atoms with van der Waals surface area (Å²) in [7, 11) is 0. The number of fused-ring (bicyclic) bond motifs is 5. The third-order valence-electron chi connectivity index (χ3n) is 10.4. The van der Waals surface area contributed by atoms with Gasteiger partial charge >= 0.3 is 0 Å². The highest BCUT2D eigenvalue weighted by Crippen LogP contribution is 2.65. The molecular weight excluding hydrogens is 377 g/mol. The van der Waals surface area contributed by atoms with Crippen molar-refractivity contribution >= 4 is 0 Å². The minimum atomic E-state index is -1.02. The molecule has 170 valence electrons. The van der Waals surface area contributed by atoms with E-state index in [1.54, 1.807) is 0 Å². The lowest BCUT2D eigenvalue weighted by molar-refractivity contribution is -0.110. The Kier molecular flexibility index (Phi) is 5.82. The van der Waals surface area contributed by atoms with Gasteiger partial charge in [0.2, 0.25) is 0 Å². The van der Waals surface area contributed by atoms with Crippen LogP contribution >= 0.6 is 0 Å². The first-order chi connectivity index (χ1) is 14.4. The number of ether oxygens (including phenoxy) is 1. The zero-order valence-corrected chi connectivity index (χ0v) is 19.0. The van der Waals surface area contributed by atoms with Gasteiger partial charge in [0.15, 0.2) is 0 Å². The van der Waals surface area contributed by atoms with Crippen molar-refractivity contribution < 1.29 is 14.2 Å². The fourth-order valence-corrected chi connectivity index (χ4v) is 8.91. The lowest BCUT2D eigenvalue weighted by Crippen LogP contribution is -2.51. The van der Waals surface area contributed by atoms with Gasteiger partial charge in [0, 0.05) is 19.6 Å². The Bertz CT molecular complexity index is 649. The number of hydrogen-bond donors (Lipinski definition) is 1. The highest BCUT2D eigenvalue weighted by atomic mass is 19.1. The van der Waals surface area contributed by atoms with E-state index in [1.165, 1.54) is 44.1 Å². The highest BCUT2D eigenvalue weighted by molar-refractivity contribution is 5.17. The van der Waals surface area contributed by atoms with E-state index in [9.17, 15) is 9.50 Å². The molecule has 1 saturated heterocycles. The molecule has 4 saturated carbocycles. The summed E-state index contributed by atoms with van der Waals surface area (Å²) in [6, 6.07) is 0. The molecule has 0 aromatic heterocycles. The standard InChI is InChI=1S/C26H42FNO2/c1-18(16-28-11-13-30-14-12-28)23-5-6-24-22-4-3-19-15-26(29,17-27)10-8-20(19)21(22)7-9-25(23,24)2/h19-24,29H,1,3-17H2,2H3/t19-,20-,21+,22+,23+,24-,25+,26+/m0/s1. The van der Waals surface area contributed by atoms with Crippen LogP contribution in [0.1, 0.15) is 64.7 Å². The maximum Gasteiger partial charge on any atom is 0.118 e. The van der Waals surface area contributed by atoms with Crippen LogP contribution in [0.25, 0.3) is 0 Å². The van der Waals surface area contributed by atoms with Crippen LogP contribution in [0, 0.1) is 40.9 Å². The molecular formula is C26H42FNO2. The summed E-state index contributed by atoms with van der Waals surface area (Å²) in [4.78, 5) is 2.54. The number of hydrogen-bond acceptors (Lipinski definition) is 3. The molecule has 0 amide bonds. The quantitative estimate of drug-likeness (QED) is 0.662. The van der Waals surface area contributed by atoms with Crippen molar-refractivity contribution in [2.75, 3.05) is 39.5 Å². The molecule has 3 nitrogen and oxygen atoms in total. The number of morpholine rings is 1. The molecule has 4 aliphatic carbocycles. The minimum Gasteiger partial charge on any atom is -0.387 e. The van der Waals surface area contributed by atoms with Gasteiger partial charge in [-0.15, -0.1) is 0 Å². The molecule has 1 heterocycles. The highest BCUT2D eigenvalue weighted by Gasteiger charge is 2.58. The summed E-state index contributed by atoms with van der Waals surface area (Å²) < 4.78 is 18.9. The molecule has 0 unspecified atom stereocenters. The molecule has 4 heteroatoms. The van der Waals surface area contributed by atoms with Gasteiger partial charge in [-0.2, -0.15) is 0 Å². The molecule has 1 N–H and O–H groups in total. The van der Waals surface area contributed by atoms with E-state index in [2.05, 4.69) is 18.4 Å². The Morgan fingerprint density at radius 1 is 1.03 bits per heavy atom. The predicted octanol–water partition coefficient (Wildman–Crippen LogP) is 4.84. The lowest BCUT2D eigenvalue weighted by Gasteiger charge is -2.57. The van der Waals surface area contributed by atoms with Crippen LogP contribution in [0.2, 0.25) is 0 Å². The summed E-state index contributed by atoms with van der Waals surface area (Å²) in [6.07, 6.45) is 10.3. The van der Waals surface area contributed by atoms with Crippen molar-refractivity contribution in [3.8, 4) is 0 Å². The SMILES string of the molecule is C=C(CN1CCOCC1)[C@H]1CC[C@H]2[C@@H]3CC[C@H]4C[C@@](O)(CF)CC[C@@H]4[C@H]3CC[C@]12C. The molecule has 30 heavy (non-hydrogen) atoms. The van der Waals surface area contributed by atoms with Crippen LogP contribution in [0.4, 0.5) is 4.39 Å². The Morgan fingerprint density at radius 2 is 1.80 bits per heavy atom. The van der Waals surface area contributed by atoms with Gasteiger partial charge in [-0.3, -0.25) is 4.90 Å². The van der Waals surface area contributed by atoms with Gasteiger partial charge in [-0.05, 0) is 98.7 Å². The molecule has 0 aromatic carbocycles. The number of nitrogens with zero attached hydrogens (tertiary/aromatic N) is 1. The van der Waals surface area contributed by atoms with E-state index in [4.69, 9.17) is 4.74 Å². The maximum absolute atomic E-state index is 13.4. The molecule has 0 aromatic rings. The first-order valence-corrected chi connectivity index (χ1v) is 12.7. The van der Waals surface area contributed by atoms with Crippen molar-refractivity contribution in [1.82, 2.24) is 4.90 Å². The number of aliphatic hydroxyl groups is 1.